The lowest BCUT2D eigenvalue weighted by Gasteiger charge is -2.46. The Morgan fingerprint density at radius 2 is 1.20 bits per heavy atom. The highest BCUT2D eigenvalue weighted by atomic mass is 16.6. The van der Waals surface area contributed by atoms with Gasteiger partial charge >= 0.3 is 12.1 Å². The van der Waals surface area contributed by atoms with Crippen molar-refractivity contribution in [3.8, 4) is 0 Å². The Balaban J connectivity index is 1.96. The van der Waals surface area contributed by atoms with Crippen LogP contribution in [0.15, 0.2) is 30.3 Å². The van der Waals surface area contributed by atoms with Gasteiger partial charge in [-0.1, -0.05) is 173 Å². The number of carbonyl (C=O) groups is 3. The zero-order valence-electron chi connectivity index (χ0n) is 34.2. The largest absolute Gasteiger partial charge is 0.445 e. The van der Waals surface area contributed by atoms with E-state index >= 15 is 0 Å². The zero-order valence-corrected chi connectivity index (χ0v) is 34.2. The summed E-state index contributed by atoms with van der Waals surface area (Å²) in [6.07, 6.45) is 19.6. The van der Waals surface area contributed by atoms with Gasteiger partial charge in [0.1, 0.15) is 37.5 Å². The second kappa shape index (κ2) is 31.2. The molecule has 1 aromatic carbocycles. The summed E-state index contributed by atoms with van der Waals surface area (Å²) in [4.78, 5) is 40.6. The van der Waals surface area contributed by atoms with Crippen LogP contribution in [-0.4, -0.2) is 95.1 Å². The molecule has 5 atom stereocenters. The number of unbranched alkanes of at least 4 members (excludes halogenated alkanes) is 20. The molecule has 12 nitrogen and oxygen atoms in total. The maximum atomic E-state index is 13.8. The molecule has 0 radical (unpaired) electrons. The molecule has 0 spiro atoms. The third-order valence-corrected chi connectivity index (χ3v) is 10.5. The van der Waals surface area contributed by atoms with Gasteiger partial charge in [-0.15, -0.1) is 0 Å². The van der Waals surface area contributed by atoms with Crippen molar-refractivity contribution < 1.29 is 39.2 Å². The van der Waals surface area contributed by atoms with E-state index in [2.05, 4.69) is 29.8 Å². The minimum Gasteiger partial charge on any atom is -0.445 e. The highest BCUT2D eigenvalue weighted by Gasteiger charge is 2.48. The molecule has 2 rings (SSSR count). The topological polar surface area (TPSA) is 170 Å². The summed E-state index contributed by atoms with van der Waals surface area (Å²) in [5, 5.41) is 40.0. The third-order valence-electron chi connectivity index (χ3n) is 10.5. The van der Waals surface area contributed by atoms with Gasteiger partial charge in [0, 0.05) is 13.1 Å². The van der Waals surface area contributed by atoms with Gasteiger partial charge in [-0.3, -0.25) is 9.69 Å². The zero-order chi connectivity index (χ0) is 39.9. The van der Waals surface area contributed by atoms with Crippen LogP contribution in [0.1, 0.15) is 161 Å². The van der Waals surface area contributed by atoms with E-state index in [9.17, 15) is 29.7 Å². The molecule has 4 amide bonds. The van der Waals surface area contributed by atoms with Crippen LogP contribution in [0.25, 0.3) is 0 Å². The summed E-state index contributed by atoms with van der Waals surface area (Å²) in [6, 6.07) is 7.50. The molecule has 1 aliphatic rings. The minimum atomic E-state index is -1.55. The van der Waals surface area contributed by atoms with Gasteiger partial charge in [0.05, 0.1) is 6.61 Å². The van der Waals surface area contributed by atoms with Crippen LogP contribution >= 0.6 is 0 Å². The van der Waals surface area contributed by atoms with E-state index in [0.717, 1.165) is 44.1 Å². The van der Waals surface area contributed by atoms with E-state index in [1.807, 2.05) is 30.3 Å². The van der Waals surface area contributed by atoms with Gasteiger partial charge in [-0.05, 0) is 18.4 Å². The first-order valence-corrected chi connectivity index (χ1v) is 21.7. The molecule has 316 valence electrons. The third kappa shape index (κ3) is 21.3. The molecule has 12 heteroatoms. The first kappa shape index (κ1) is 48.2. The molecule has 0 saturated carbocycles. The van der Waals surface area contributed by atoms with Crippen molar-refractivity contribution in [3.63, 3.8) is 0 Å². The molecule has 1 fully saturated rings. The van der Waals surface area contributed by atoms with E-state index in [-0.39, 0.29) is 6.61 Å². The van der Waals surface area contributed by atoms with Gasteiger partial charge in [0.2, 0.25) is 5.91 Å². The average Bonchev–Trinajstić information content (AvgIpc) is 3.19. The van der Waals surface area contributed by atoms with E-state index in [4.69, 9.17) is 9.47 Å². The number of nitrogens with zero attached hydrogens (tertiary/aromatic N) is 1. The van der Waals surface area contributed by atoms with E-state index < -0.39 is 61.8 Å². The Bertz CT molecular complexity index is 1130. The van der Waals surface area contributed by atoms with Crippen LogP contribution in [0.4, 0.5) is 9.59 Å². The maximum Gasteiger partial charge on any atom is 0.407 e. The number of nitrogens with one attached hydrogen (secondary N) is 3. The van der Waals surface area contributed by atoms with Crippen molar-refractivity contribution in [2.45, 2.75) is 192 Å². The normalized spacial score (nSPS) is 19.5. The number of rotatable bonds is 31. The standard InChI is InChI=1S/C43H76N4O8/c1-3-5-7-9-11-13-15-16-17-19-21-26-30-44-42(52)47(31-27-22-20-18-14-12-10-8-6-4-2)41-38(40(51)39(50)36(33-48)55-41)46-37(49)32-45-43(53)54-34-35-28-24-23-25-29-35/h23-25,28-29,36,38-41,48,50-51H,3-22,26-27,30-34H2,1-2H3,(H,44,52)(H,45,53)(H,46,49)/t36-,38-,39+,40-,41-/m1/s1. The van der Waals surface area contributed by atoms with Gasteiger partial charge < -0.3 is 40.7 Å². The summed E-state index contributed by atoms with van der Waals surface area (Å²) in [5.74, 6) is -0.667. The van der Waals surface area contributed by atoms with Crippen LogP contribution in [0.5, 0.6) is 0 Å². The second-order valence-electron chi connectivity index (χ2n) is 15.2. The van der Waals surface area contributed by atoms with E-state index in [1.54, 1.807) is 0 Å². The number of alkyl carbamates (subject to hydrolysis) is 1. The van der Waals surface area contributed by atoms with Gasteiger partial charge in [0.15, 0.2) is 6.23 Å². The summed E-state index contributed by atoms with van der Waals surface area (Å²) >= 11 is 0. The van der Waals surface area contributed by atoms with Crippen molar-refractivity contribution >= 4 is 18.0 Å². The number of urea groups is 1. The average molecular weight is 777 g/mol. The number of benzene rings is 1. The number of hydrogen-bond donors (Lipinski definition) is 6. The summed E-state index contributed by atoms with van der Waals surface area (Å²) in [6.45, 7) is 4.20. The molecule has 1 aliphatic heterocycles. The Morgan fingerprint density at radius 1 is 0.691 bits per heavy atom. The number of aliphatic hydroxyl groups is 3. The molecule has 0 unspecified atom stereocenters. The van der Waals surface area contributed by atoms with E-state index in [0.29, 0.717) is 19.5 Å². The summed E-state index contributed by atoms with van der Waals surface area (Å²) in [7, 11) is 0. The molecule has 1 heterocycles. The molecule has 0 bridgehead atoms. The summed E-state index contributed by atoms with van der Waals surface area (Å²) in [5.41, 5.74) is 0.791. The summed E-state index contributed by atoms with van der Waals surface area (Å²) < 4.78 is 11.3. The lowest BCUT2D eigenvalue weighted by atomic mass is 9.95. The quantitative estimate of drug-likeness (QED) is 0.0422. The predicted octanol–water partition coefficient (Wildman–Crippen LogP) is 7.47. The highest BCUT2D eigenvalue weighted by molar-refractivity contribution is 5.82. The van der Waals surface area contributed by atoms with Gasteiger partial charge in [-0.25, -0.2) is 9.59 Å². The Kier molecular flexibility index (Phi) is 27.3. The fraction of sp³-hybridized carbons (Fsp3) is 0.791. The van der Waals surface area contributed by atoms with Crippen LogP contribution in [0, 0.1) is 0 Å². The number of carbonyl (C=O) groups excluding carboxylic acids is 3. The second-order valence-corrected chi connectivity index (χ2v) is 15.2. The first-order chi connectivity index (χ1) is 26.8. The Morgan fingerprint density at radius 3 is 1.73 bits per heavy atom. The van der Waals surface area contributed by atoms with Crippen molar-refractivity contribution in [2.75, 3.05) is 26.2 Å². The molecule has 0 aliphatic carbocycles. The number of hydrogen-bond acceptors (Lipinski definition) is 8. The van der Waals surface area contributed by atoms with Crippen molar-refractivity contribution in [1.29, 1.82) is 0 Å². The molecular formula is C43H76N4O8. The number of aliphatic hydroxyl groups excluding tert-OH is 3. The molecule has 55 heavy (non-hydrogen) atoms. The van der Waals surface area contributed by atoms with Crippen LogP contribution < -0.4 is 16.0 Å². The van der Waals surface area contributed by atoms with Crippen LogP contribution in [-0.2, 0) is 20.9 Å². The monoisotopic (exact) mass is 777 g/mol. The predicted molar refractivity (Wildman–Crippen MR) is 217 cm³/mol. The maximum absolute atomic E-state index is 13.8. The Hall–Kier alpha value is -2.93. The van der Waals surface area contributed by atoms with Crippen LogP contribution in [0.3, 0.4) is 0 Å². The number of ether oxygens (including phenoxy) is 2. The number of amides is 4. The fourth-order valence-corrected chi connectivity index (χ4v) is 7.06. The minimum absolute atomic E-state index is 0.0303. The van der Waals surface area contributed by atoms with Crippen LogP contribution in [0.2, 0.25) is 0 Å². The Labute approximate surface area is 331 Å². The molecule has 0 aromatic heterocycles. The first-order valence-electron chi connectivity index (χ1n) is 21.7. The van der Waals surface area contributed by atoms with Crippen molar-refractivity contribution in [1.82, 2.24) is 20.9 Å². The lowest BCUT2D eigenvalue weighted by Crippen LogP contribution is -2.70. The van der Waals surface area contributed by atoms with Gasteiger partial charge in [0.25, 0.3) is 0 Å². The molecular weight excluding hydrogens is 700 g/mol. The smallest absolute Gasteiger partial charge is 0.407 e. The highest BCUT2D eigenvalue weighted by Crippen LogP contribution is 2.25. The molecule has 1 aromatic rings. The lowest BCUT2D eigenvalue weighted by molar-refractivity contribution is -0.224. The SMILES string of the molecule is CCCCCCCCCCCCCCNC(=O)N(CCCCCCCCCCCC)[C@@H]1O[C@H](CO)[C@H](O)[C@H](O)[C@H]1NC(=O)CNC(=O)OCc1ccccc1. The van der Waals surface area contributed by atoms with Crippen molar-refractivity contribution in [2.24, 2.45) is 0 Å². The fourth-order valence-electron chi connectivity index (χ4n) is 7.06. The molecule has 1 saturated heterocycles. The van der Waals surface area contributed by atoms with Gasteiger partial charge in [-0.2, -0.15) is 0 Å². The molecule has 6 N–H and O–H groups in total. The van der Waals surface area contributed by atoms with E-state index in [1.165, 1.54) is 101 Å². The van der Waals surface area contributed by atoms with Crippen molar-refractivity contribution in [3.05, 3.63) is 35.9 Å².